The molecule has 0 fully saturated rings. The molecule has 1 N–H and O–H groups in total. The van der Waals surface area contributed by atoms with Gasteiger partial charge in [0, 0.05) is 11.0 Å². The molecule has 1 amide bonds. The molecule has 0 radical (unpaired) electrons. The maximum atomic E-state index is 13.1. The molecule has 3 aromatic carbocycles. The molecule has 3 aromatic rings. The van der Waals surface area contributed by atoms with Crippen LogP contribution in [0.15, 0.2) is 99.4 Å². The largest absolute Gasteiger partial charge is 0.272 e. The van der Waals surface area contributed by atoms with Gasteiger partial charge in [-0.25, -0.2) is 13.8 Å². The lowest BCUT2D eigenvalue weighted by Crippen LogP contribution is -2.40. The first-order chi connectivity index (χ1) is 14.9. The molecule has 6 nitrogen and oxygen atoms in total. The zero-order valence-electron chi connectivity index (χ0n) is 16.7. The fourth-order valence-corrected chi connectivity index (χ4v) is 4.72. The number of hydrogen-bond donors (Lipinski definition) is 1. The minimum atomic E-state index is -3.83. The summed E-state index contributed by atoms with van der Waals surface area (Å²) < 4.78 is 28.3. The van der Waals surface area contributed by atoms with Crippen LogP contribution in [-0.4, -0.2) is 37.9 Å². The summed E-state index contributed by atoms with van der Waals surface area (Å²) in [5, 5.41) is 3.94. The number of nitrogens with zero attached hydrogens (tertiary/aromatic N) is 2. The Kier molecular flexibility index (Phi) is 8.11. The number of hydrogen-bond acceptors (Lipinski definition) is 4. The van der Waals surface area contributed by atoms with E-state index in [1.54, 1.807) is 18.2 Å². The molecule has 0 bridgehead atoms. The molecule has 0 unspecified atom stereocenters. The maximum absolute atomic E-state index is 13.1. The van der Waals surface area contributed by atoms with Gasteiger partial charge in [-0.05, 0) is 41.8 Å². The standard InChI is InChI=1S/C23H22BrN3O3S/c24-21-11-7-10-20(16-21)17-25-26-23(28)18-27(15-14-19-8-3-1-4-9-19)31(29,30)22-12-5-2-6-13-22/h1-13,16-17H,14-15,18H2,(H,26,28)/b25-17-. The number of rotatable bonds is 9. The highest BCUT2D eigenvalue weighted by atomic mass is 79.9. The molecular weight excluding hydrogens is 478 g/mol. The average molecular weight is 500 g/mol. The second kappa shape index (κ2) is 11.0. The molecule has 0 aliphatic carbocycles. The topological polar surface area (TPSA) is 78.8 Å². The molecule has 3 rings (SSSR count). The first kappa shape index (κ1) is 22.9. The van der Waals surface area contributed by atoms with Gasteiger partial charge in [0.25, 0.3) is 5.91 Å². The summed E-state index contributed by atoms with van der Waals surface area (Å²) in [5.74, 6) is -0.515. The Morgan fingerprint density at radius 1 is 0.968 bits per heavy atom. The van der Waals surface area contributed by atoms with Crippen molar-refractivity contribution in [2.45, 2.75) is 11.3 Å². The number of carbonyl (C=O) groups is 1. The Bertz CT molecular complexity index is 1140. The summed E-state index contributed by atoms with van der Waals surface area (Å²) in [5.41, 5.74) is 4.20. The SMILES string of the molecule is O=C(CN(CCc1ccccc1)S(=O)(=O)c1ccccc1)N/N=C\c1cccc(Br)c1. The van der Waals surface area contributed by atoms with Crippen molar-refractivity contribution < 1.29 is 13.2 Å². The molecule has 8 heteroatoms. The van der Waals surface area contributed by atoms with Crippen molar-refractivity contribution in [2.75, 3.05) is 13.1 Å². The van der Waals surface area contributed by atoms with E-state index in [-0.39, 0.29) is 18.0 Å². The van der Waals surface area contributed by atoms with E-state index >= 15 is 0 Å². The molecule has 0 atom stereocenters. The number of amides is 1. The van der Waals surface area contributed by atoms with Gasteiger partial charge in [-0.15, -0.1) is 0 Å². The van der Waals surface area contributed by atoms with Crippen molar-refractivity contribution in [3.05, 3.63) is 101 Å². The van der Waals surface area contributed by atoms with E-state index in [2.05, 4.69) is 26.5 Å². The van der Waals surface area contributed by atoms with Crippen molar-refractivity contribution >= 4 is 38.1 Å². The third-order valence-electron chi connectivity index (χ3n) is 4.45. The summed E-state index contributed by atoms with van der Waals surface area (Å²) in [6, 6.07) is 25.1. The molecule has 160 valence electrons. The number of halogens is 1. The van der Waals surface area contributed by atoms with E-state index in [0.29, 0.717) is 6.42 Å². The van der Waals surface area contributed by atoms with Gasteiger partial charge >= 0.3 is 0 Å². The van der Waals surface area contributed by atoms with Gasteiger partial charge in [0.1, 0.15) is 0 Å². The van der Waals surface area contributed by atoms with Crippen molar-refractivity contribution in [1.29, 1.82) is 0 Å². The lowest BCUT2D eigenvalue weighted by molar-refractivity contribution is -0.121. The Morgan fingerprint density at radius 2 is 1.65 bits per heavy atom. The van der Waals surface area contributed by atoms with Gasteiger partial charge in [-0.2, -0.15) is 9.41 Å². The summed E-state index contributed by atoms with van der Waals surface area (Å²) in [7, 11) is -3.83. The number of hydrazone groups is 1. The van der Waals surface area contributed by atoms with Crippen molar-refractivity contribution in [3.8, 4) is 0 Å². The number of benzene rings is 3. The number of carbonyl (C=O) groups excluding carboxylic acids is 1. The van der Waals surface area contributed by atoms with Crippen LogP contribution in [0.1, 0.15) is 11.1 Å². The molecule has 0 aliphatic heterocycles. The van der Waals surface area contributed by atoms with Crippen LogP contribution in [0.5, 0.6) is 0 Å². The third-order valence-corrected chi connectivity index (χ3v) is 6.80. The van der Waals surface area contributed by atoms with E-state index < -0.39 is 15.9 Å². The zero-order valence-corrected chi connectivity index (χ0v) is 19.1. The molecule has 0 spiro atoms. The fourth-order valence-electron chi connectivity index (χ4n) is 2.89. The van der Waals surface area contributed by atoms with Crippen LogP contribution < -0.4 is 5.43 Å². The quantitative estimate of drug-likeness (QED) is 0.358. The van der Waals surface area contributed by atoms with Crippen LogP contribution in [0.4, 0.5) is 0 Å². The monoisotopic (exact) mass is 499 g/mol. The predicted molar refractivity (Wildman–Crippen MR) is 125 cm³/mol. The van der Waals surface area contributed by atoms with Gasteiger partial charge in [0.05, 0.1) is 17.7 Å². The van der Waals surface area contributed by atoms with E-state index in [0.717, 1.165) is 15.6 Å². The molecular formula is C23H22BrN3O3S. The van der Waals surface area contributed by atoms with Crippen molar-refractivity contribution in [3.63, 3.8) is 0 Å². The minimum Gasteiger partial charge on any atom is -0.272 e. The molecule has 0 aliphatic rings. The van der Waals surface area contributed by atoms with Crippen molar-refractivity contribution in [2.24, 2.45) is 5.10 Å². The summed E-state index contributed by atoms with van der Waals surface area (Å²) in [4.78, 5) is 12.6. The third kappa shape index (κ3) is 6.85. The summed E-state index contributed by atoms with van der Waals surface area (Å²) >= 11 is 3.37. The van der Waals surface area contributed by atoms with Crippen molar-refractivity contribution in [1.82, 2.24) is 9.73 Å². The highest BCUT2D eigenvalue weighted by Crippen LogP contribution is 2.16. The normalized spacial score (nSPS) is 11.7. The van der Waals surface area contributed by atoms with Crippen LogP contribution in [0.2, 0.25) is 0 Å². The molecule has 0 aromatic heterocycles. The van der Waals surface area contributed by atoms with Crippen LogP contribution >= 0.6 is 15.9 Å². The van der Waals surface area contributed by atoms with Gasteiger partial charge < -0.3 is 0 Å². The highest BCUT2D eigenvalue weighted by molar-refractivity contribution is 9.10. The number of nitrogens with one attached hydrogen (secondary N) is 1. The maximum Gasteiger partial charge on any atom is 0.255 e. The molecule has 31 heavy (non-hydrogen) atoms. The number of sulfonamides is 1. The lowest BCUT2D eigenvalue weighted by Gasteiger charge is -2.21. The Morgan fingerprint density at radius 3 is 2.32 bits per heavy atom. The predicted octanol–water partition coefficient (Wildman–Crippen LogP) is 3.83. The second-order valence-corrected chi connectivity index (χ2v) is 9.59. The first-order valence-corrected chi connectivity index (χ1v) is 11.8. The van der Waals surface area contributed by atoms with E-state index in [4.69, 9.17) is 0 Å². The van der Waals surface area contributed by atoms with E-state index in [1.807, 2.05) is 54.6 Å². The Labute approximate surface area is 190 Å². The fraction of sp³-hybridized carbons (Fsp3) is 0.130. The van der Waals surface area contributed by atoms with Crippen LogP contribution in [0.25, 0.3) is 0 Å². The second-order valence-electron chi connectivity index (χ2n) is 6.74. The van der Waals surface area contributed by atoms with E-state index in [1.165, 1.54) is 22.7 Å². The van der Waals surface area contributed by atoms with E-state index in [9.17, 15) is 13.2 Å². The van der Waals surface area contributed by atoms with Gasteiger partial charge in [0.2, 0.25) is 10.0 Å². The molecule has 0 saturated carbocycles. The Hall–Kier alpha value is -2.81. The summed E-state index contributed by atoms with van der Waals surface area (Å²) in [6.07, 6.45) is 1.99. The van der Waals surface area contributed by atoms with Gasteiger partial charge in [-0.1, -0.05) is 76.6 Å². The highest BCUT2D eigenvalue weighted by Gasteiger charge is 2.26. The van der Waals surface area contributed by atoms with Crippen LogP contribution in [-0.2, 0) is 21.2 Å². The van der Waals surface area contributed by atoms with Crippen LogP contribution in [0, 0.1) is 0 Å². The minimum absolute atomic E-state index is 0.147. The smallest absolute Gasteiger partial charge is 0.255 e. The van der Waals surface area contributed by atoms with Gasteiger partial charge in [-0.3, -0.25) is 4.79 Å². The first-order valence-electron chi connectivity index (χ1n) is 9.62. The zero-order chi connectivity index (χ0) is 22.1. The molecule has 0 heterocycles. The summed E-state index contributed by atoms with van der Waals surface area (Å²) in [6.45, 7) is -0.163. The Balaban J connectivity index is 1.71. The van der Waals surface area contributed by atoms with Crippen LogP contribution in [0.3, 0.4) is 0 Å². The molecule has 0 saturated heterocycles. The van der Waals surface area contributed by atoms with Gasteiger partial charge in [0.15, 0.2) is 0 Å². The average Bonchev–Trinajstić information content (AvgIpc) is 2.78. The lowest BCUT2D eigenvalue weighted by atomic mass is 10.1.